The molecule has 0 aliphatic rings. The minimum atomic E-state index is -3.88. The molecule has 0 aromatic heterocycles. The summed E-state index contributed by atoms with van der Waals surface area (Å²) in [5, 5.41) is 8.19. The summed E-state index contributed by atoms with van der Waals surface area (Å²) in [4.78, 5) is 0. The first-order valence-corrected chi connectivity index (χ1v) is 6.17. The molecular weight excluding hydrogens is 164 g/mol. The molecule has 0 radical (unpaired) electrons. The second-order valence-electron chi connectivity index (χ2n) is 3.08. The Kier molecular flexibility index (Phi) is 4.27. The zero-order valence-corrected chi connectivity index (χ0v) is 7.90. The third-order valence-corrected chi connectivity index (χ3v) is 2.87. The number of hydrogen-bond donors (Lipinski definition) is 0. The van der Waals surface area contributed by atoms with Gasteiger partial charge in [0.2, 0.25) is 0 Å². The summed E-state index contributed by atoms with van der Waals surface area (Å²) in [7, 11) is -3.88. The summed E-state index contributed by atoms with van der Waals surface area (Å²) >= 11 is 0. The summed E-state index contributed by atoms with van der Waals surface area (Å²) < 4.78 is 24.9. The molecule has 0 bridgehead atoms. The molecule has 0 heterocycles. The minimum Gasteiger partial charge on any atom is -0.271 e. The third kappa shape index (κ3) is 7.46. The minimum absolute atomic E-state index is 0.00122. The molecule has 0 saturated carbocycles. The molecule has 0 rings (SSSR count). The van der Waals surface area contributed by atoms with E-state index in [2.05, 4.69) is 0 Å². The summed E-state index contributed by atoms with van der Waals surface area (Å²) in [6.07, 6.45) is 0.999. The molecule has 0 N–H and O–H groups in total. The molecule has 11 heavy (non-hydrogen) atoms. The molecule has 1 nitrogen and oxygen atoms in total. The van der Waals surface area contributed by atoms with Crippen LogP contribution in [0.5, 0.6) is 0 Å². The van der Waals surface area contributed by atoms with Crippen LogP contribution in [0.2, 0.25) is 12.6 Å². The Labute approximate surface area is 67.4 Å². The Morgan fingerprint density at radius 1 is 1.55 bits per heavy atom. The van der Waals surface area contributed by atoms with Crippen LogP contribution in [0.25, 0.3) is 0 Å². The monoisotopic (exact) mass is 177 g/mol. The first kappa shape index (κ1) is 10.6. The van der Waals surface area contributed by atoms with Crippen molar-refractivity contribution in [2.45, 2.75) is 32.4 Å². The van der Waals surface area contributed by atoms with E-state index in [-0.39, 0.29) is 12.0 Å². The van der Waals surface area contributed by atoms with Gasteiger partial charge in [-0.15, -0.1) is 0 Å². The van der Waals surface area contributed by atoms with Gasteiger partial charge in [0.25, 0.3) is 0 Å². The largest absolute Gasteiger partial charge is 0.422 e. The molecule has 0 amide bonds. The van der Waals surface area contributed by atoms with Crippen LogP contribution in [0.3, 0.4) is 0 Å². The van der Waals surface area contributed by atoms with Crippen LogP contribution in [-0.2, 0) is 0 Å². The number of nitriles is 1. The normalized spacial score (nSPS) is 14.1. The molecule has 0 fully saturated rings. The van der Waals surface area contributed by atoms with E-state index in [1.54, 1.807) is 6.92 Å². The van der Waals surface area contributed by atoms with Crippen molar-refractivity contribution in [1.82, 2.24) is 0 Å². The van der Waals surface area contributed by atoms with Crippen molar-refractivity contribution < 1.29 is 8.22 Å². The SMILES string of the molecule is CC(CCC#N)C[Si](C)(F)F. The van der Waals surface area contributed by atoms with Gasteiger partial charge < -0.3 is 0 Å². The van der Waals surface area contributed by atoms with Gasteiger partial charge in [-0.1, -0.05) is 6.92 Å². The molecular formula is C7H13F2NSi. The highest BCUT2D eigenvalue weighted by Crippen LogP contribution is 2.22. The fraction of sp³-hybridized carbons (Fsp3) is 0.857. The molecule has 0 saturated heterocycles. The van der Waals surface area contributed by atoms with E-state index >= 15 is 0 Å². The lowest BCUT2D eigenvalue weighted by atomic mass is 10.1. The Morgan fingerprint density at radius 2 is 2.09 bits per heavy atom. The molecule has 0 aliphatic heterocycles. The van der Waals surface area contributed by atoms with Crippen molar-refractivity contribution in [1.29, 1.82) is 5.26 Å². The second kappa shape index (κ2) is 4.45. The lowest BCUT2D eigenvalue weighted by Crippen LogP contribution is -2.19. The zero-order chi connectivity index (χ0) is 8.91. The highest BCUT2D eigenvalue weighted by Gasteiger charge is 2.29. The number of halogens is 2. The highest BCUT2D eigenvalue weighted by atomic mass is 28.4. The van der Waals surface area contributed by atoms with Gasteiger partial charge in [0.15, 0.2) is 0 Å². The Hall–Kier alpha value is -0.433. The third-order valence-electron chi connectivity index (χ3n) is 1.46. The van der Waals surface area contributed by atoms with E-state index in [0.717, 1.165) is 6.55 Å². The average Bonchev–Trinajstić information content (AvgIpc) is 1.79. The lowest BCUT2D eigenvalue weighted by molar-refractivity contribution is 0.520. The Balaban J connectivity index is 3.54. The van der Waals surface area contributed by atoms with Gasteiger partial charge in [-0.05, 0) is 18.9 Å². The van der Waals surface area contributed by atoms with E-state index in [0.29, 0.717) is 12.8 Å². The van der Waals surface area contributed by atoms with Gasteiger partial charge >= 0.3 is 8.74 Å². The molecule has 1 atom stereocenters. The van der Waals surface area contributed by atoms with Crippen molar-refractivity contribution >= 4 is 8.74 Å². The molecule has 0 aromatic carbocycles. The molecule has 1 unspecified atom stereocenters. The van der Waals surface area contributed by atoms with Crippen LogP contribution in [-0.4, -0.2) is 8.74 Å². The first-order chi connectivity index (χ1) is 4.95. The molecule has 64 valence electrons. The maximum Gasteiger partial charge on any atom is 0.422 e. The number of rotatable bonds is 4. The predicted molar refractivity (Wildman–Crippen MR) is 42.7 cm³/mol. The summed E-state index contributed by atoms with van der Waals surface area (Å²) in [6.45, 7) is 2.83. The van der Waals surface area contributed by atoms with E-state index in [4.69, 9.17) is 5.26 Å². The predicted octanol–water partition coefficient (Wildman–Crippen LogP) is 2.94. The second-order valence-corrected chi connectivity index (χ2v) is 5.62. The smallest absolute Gasteiger partial charge is 0.271 e. The molecule has 0 spiro atoms. The van der Waals surface area contributed by atoms with Crippen molar-refractivity contribution in [2.24, 2.45) is 5.92 Å². The summed E-state index contributed by atoms with van der Waals surface area (Å²) in [5.74, 6) is 0.00122. The van der Waals surface area contributed by atoms with Gasteiger partial charge in [-0.25, -0.2) is 0 Å². The topological polar surface area (TPSA) is 23.8 Å². The van der Waals surface area contributed by atoms with Crippen LogP contribution in [0.15, 0.2) is 0 Å². The van der Waals surface area contributed by atoms with Crippen molar-refractivity contribution in [3.05, 3.63) is 0 Å². The fourth-order valence-electron chi connectivity index (χ4n) is 1.02. The van der Waals surface area contributed by atoms with Crippen molar-refractivity contribution in [3.63, 3.8) is 0 Å². The van der Waals surface area contributed by atoms with E-state index in [9.17, 15) is 8.22 Å². The van der Waals surface area contributed by atoms with Crippen molar-refractivity contribution in [3.8, 4) is 6.07 Å². The summed E-state index contributed by atoms with van der Waals surface area (Å²) in [5.41, 5.74) is 0. The van der Waals surface area contributed by atoms with Gasteiger partial charge in [-0.2, -0.15) is 5.26 Å². The maximum absolute atomic E-state index is 12.5. The number of nitrogens with zero attached hydrogens (tertiary/aromatic N) is 1. The van der Waals surface area contributed by atoms with Gasteiger partial charge in [0.1, 0.15) is 0 Å². The van der Waals surface area contributed by atoms with E-state index in [1.807, 2.05) is 6.07 Å². The first-order valence-electron chi connectivity index (χ1n) is 3.70. The molecule has 4 heteroatoms. The van der Waals surface area contributed by atoms with Crippen LogP contribution in [0.4, 0.5) is 8.22 Å². The molecule has 0 aromatic rings. The standard InChI is InChI=1S/C7H13F2NSi/c1-7(4-3-5-10)6-11(2,8)9/h7H,3-4,6H2,1-2H3. The Bertz CT molecular complexity index is 148. The maximum atomic E-state index is 12.5. The van der Waals surface area contributed by atoms with Crippen LogP contribution in [0, 0.1) is 17.2 Å². The zero-order valence-electron chi connectivity index (χ0n) is 6.90. The van der Waals surface area contributed by atoms with Crippen LogP contribution >= 0.6 is 0 Å². The summed E-state index contributed by atoms with van der Waals surface area (Å²) in [6, 6.07) is 1.98. The van der Waals surface area contributed by atoms with E-state index in [1.165, 1.54) is 0 Å². The number of hydrogen-bond acceptors (Lipinski definition) is 1. The average molecular weight is 177 g/mol. The van der Waals surface area contributed by atoms with Gasteiger partial charge in [0, 0.05) is 12.5 Å². The van der Waals surface area contributed by atoms with Gasteiger partial charge in [0.05, 0.1) is 6.07 Å². The highest BCUT2D eigenvalue weighted by molar-refractivity contribution is 6.64. The van der Waals surface area contributed by atoms with E-state index < -0.39 is 8.74 Å². The van der Waals surface area contributed by atoms with Gasteiger partial charge in [-0.3, -0.25) is 8.22 Å². The van der Waals surface area contributed by atoms with Crippen LogP contribution < -0.4 is 0 Å². The van der Waals surface area contributed by atoms with Crippen LogP contribution in [0.1, 0.15) is 19.8 Å². The molecule has 0 aliphatic carbocycles. The fourth-order valence-corrected chi connectivity index (χ4v) is 2.45. The van der Waals surface area contributed by atoms with Crippen molar-refractivity contribution in [2.75, 3.05) is 0 Å². The lowest BCUT2D eigenvalue weighted by Gasteiger charge is -2.12. The quantitative estimate of drug-likeness (QED) is 0.478. The Morgan fingerprint density at radius 3 is 2.45 bits per heavy atom.